The first kappa shape index (κ1) is 13.1. The third-order valence-electron chi connectivity index (χ3n) is 2.90. The Balaban J connectivity index is 1.49. The number of fused-ring (bicyclic) bond motifs is 1. The minimum Gasteiger partial charge on any atom is -0.444 e. The van der Waals surface area contributed by atoms with E-state index in [0.717, 1.165) is 26.2 Å². The second-order valence-electron chi connectivity index (χ2n) is 4.36. The third kappa shape index (κ3) is 2.74. The summed E-state index contributed by atoms with van der Waals surface area (Å²) in [6, 6.07) is 12.2. The van der Waals surface area contributed by atoms with Crippen molar-refractivity contribution in [2.24, 2.45) is 0 Å². The molecule has 104 valence electrons. The minimum atomic E-state index is 0.699. The zero-order chi connectivity index (χ0) is 14.1. The number of thiazole rings is 1. The molecule has 3 nitrogen and oxygen atoms in total. The molecule has 0 aliphatic rings. The van der Waals surface area contributed by atoms with Crippen LogP contribution in [0.25, 0.3) is 21.0 Å². The van der Waals surface area contributed by atoms with Crippen molar-refractivity contribution in [2.45, 2.75) is 10.1 Å². The number of hydrogen-bond donors (Lipinski definition) is 0. The molecule has 6 heteroatoms. The lowest BCUT2D eigenvalue weighted by Crippen LogP contribution is -1.80. The number of rotatable bonds is 4. The Labute approximate surface area is 133 Å². The summed E-state index contributed by atoms with van der Waals surface area (Å²) in [7, 11) is 0. The van der Waals surface area contributed by atoms with Gasteiger partial charge in [-0.2, -0.15) is 0 Å². The molecule has 0 spiro atoms. The van der Waals surface area contributed by atoms with E-state index in [1.165, 1.54) is 4.70 Å². The van der Waals surface area contributed by atoms with E-state index in [9.17, 15) is 0 Å². The van der Waals surface area contributed by atoms with Crippen molar-refractivity contribution < 1.29 is 4.42 Å². The number of thioether (sulfide) groups is 1. The van der Waals surface area contributed by atoms with Crippen LogP contribution in [0.3, 0.4) is 0 Å². The van der Waals surface area contributed by atoms with Gasteiger partial charge in [-0.25, -0.2) is 9.97 Å². The van der Waals surface area contributed by atoms with E-state index in [2.05, 4.69) is 16.0 Å². The van der Waals surface area contributed by atoms with Crippen molar-refractivity contribution in [3.05, 3.63) is 53.7 Å². The van der Waals surface area contributed by atoms with Gasteiger partial charge in [0.15, 0.2) is 4.34 Å². The molecular weight excluding hydrogens is 320 g/mol. The molecule has 0 saturated carbocycles. The number of thiophene rings is 1. The second-order valence-corrected chi connectivity index (χ2v) is 7.56. The topological polar surface area (TPSA) is 38.9 Å². The summed E-state index contributed by atoms with van der Waals surface area (Å²) < 4.78 is 7.81. The summed E-state index contributed by atoms with van der Waals surface area (Å²) >= 11 is 5.05. The fourth-order valence-electron chi connectivity index (χ4n) is 1.94. The Morgan fingerprint density at radius 1 is 1.10 bits per heavy atom. The fraction of sp³-hybridized carbons (Fsp3) is 0.0667. The van der Waals surface area contributed by atoms with Gasteiger partial charge in [-0.05, 0) is 23.6 Å². The number of benzene rings is 1. The van der Waals surface area contributed by atoms with Gasteiger partial charge in [-0.1, -0.05) is 30.0 Å². The molecule has 21 heavy (non-hydrogen) atoms. The Kier molecular flexibility index (Phi) is 3.50. The van der Waals surface area contributed by atoms with Crippen molar-refractivity contribution in [1.82, 2.24) is 9.97 Å². The van der Waals surface area contributed by atoms with Crippen LogP contribution < -0.4 is 0 Å². The van der Waals surface area contributed by atoms with Crippen LogP contribution in [-0.2, 0) is 5.75 Å². The van der Waals surface area contributed by atoms with Gasteiger partial charge >= 0.3 is 0 Å². The number of para-hydroxylation sites is 1. The lowest BCUT2D eigenvalue weighted by atomic mass is 10.3. The monoisotopic (exact) mass is 330 g/mol. The predicted octanol–water partition coefficient (Wildman–Crippen LogP) is 5.31. The molecule has 0 N–H and O–H groups in total. The van der Waals surface area contributed by atoms with Gasteiger partial charge in [-0.15, -0.1) is 22.7 Å². The van der Waals surface area contributed by atoms with E-state index >= 15 is 0 Å². The first-order valence-electron chi connectivity index (χ1n) is 6.35. The van der Waals surface area contributed by atoms with Gasteiger partial charge in [0.05, 0.1) is 20.8 Å². The van der Waals surface area contributed by atoms with E-state index in [1.807, 2.05) is 35.7 Å². The lowest BCUT2D eigenvalue weighted by Gasteiger charge is -1.91. The Hall–Kier alpha value is -1.63. The molecule has 4 aromatic rings. The van der Waals surface area contributed by atoms with Crippen molar-refractivity contribution in [2.75, 3.05) is 0 Å². The van der Waals surface area contributed by atoms with Gasteiger partial charge in [-0.3, -0.25) is 0 Å². The van der Waals surface area contributed by atoms with Crippen molar-refractivity contribution in [3.8, 4) is 10.8 Å². The highest BCUT2D eigenvalue weighted by Gasteiger charge is 2.09. The quantitative estimate of drug-likeness (QED) is 0.476. The van der Waals surface area contributed by atoms with Crippen LogP contribution in [0.1, 0.15) is 5.69 Å². The molecule has 0 bridgehead atoms. The molecule has 0 aliphatic carbocycles. The summed E-state index contributed by atoms with van der Waals surface area (Å²) in [4.78, 5) is 10.2. The van der Waals surface area contributed by atoms with Crippen LogP contribution in [0.5, 0.6) is 0 Å². The molecule has 0 amide bonds. The first-order valence-corrected chi connectivity index (χ1v) is 9.03. The maximum atomic E-state index is 5.53. The number of hydrogen-bond acceptors (Lipinski definition) is 6. The average Bonchev–Trinajstić information content (AvgIpc) is 3.23. The SMILES string of the molecule is c1csc(-c2nc(CSc3nc4ccccc4s3)co2)c1. The summed E-state index contributed by atoms with van der Waals surface area (Å²) in [5.41, 5.74) is 2.01. The molecule has 3 heterocycles. The molecule has 1 aromatic carbocycles. The fourth-order valence-corrected chi connectivity index (χ4v) is 4.54. The van der Waals surface area contributed by atoms with Crippen molar-refractivity contribution in [1.29, 1.82) is 0 Å². The minimum absolute atomic E-state index is 0.699. The molecule has 0 aliphatic heterocycles. The standard InChI is InChI=1S/C15H10N2OS3/c1-2-5-12-11(4-1)17-15(21-12)20-9-10-8-18-14(16-10)13-6-3-7-19-13/h1-8H,9H2. The molecule has 4 rings (SSSR count). The summed E-state index contributed by atoms with van der Waals surface area (Å²) in [6.45, 7) is 0. The molecule has 0 unspecified atom stereocenters. The lowest BCUT2D eigenvalue weighted by molar-refractivity contribution is 0.575. The average molecular weight is 330 g/mol. The van der Waals surface area contributed by atoms with Gasteiger partial charge < -0.3 is 4.42 Å². The maximum Gasteiger partial charge on any atom is 0.236 e. The van der Waals surface area contributed by atoms with E-state index in [0.29, 0.717) is 5.89 Å². The molecule has 3 aromatic heterocycles. The van der Waals surface area contributed by atoms with Gasteiger partial charge in [0, 0.05) is 5.75 Å². The highest BCUT2D eigenvalue weighted by molar-refractivity contribution is 8.00. The third-order valence-corrected chi connectivity index (χ3v) is 5.97. The van der Waals surface area contributed by atoms with Gasteiger partial charge in [0.1, 0.15) is 6.26 Å². The Bertz CT molecular complexity index is 831. The predicted molar refractivity (Wildman–Crippen MR) is 89.0 cm³/mol. The molecule has 0 saturated heterocycles. The molecule has 0 radical (unpaired) electrons. The van der Waals surface area contributed by atoms with Crippen LogP contribution in [0.15, 0.2) is 56.8 Å². The van der Waals surface area contributed by atoms with Crippen LogP contribution in [0.4, 0.5) is 0 Å². The van der Waals surface area contributed by atoms with Gasteiger partial charge in [0.2, 0.25) is 5.89 Å². The summed E-state index contributed by atoms with van der Waals surface area (Å²) in [6.07, 6.45) is 1.73. The number of oxazole rings is 1. The van der Waals surface area contributed by atoms with Crippen molar-refractivity contribution in [3.63, 3.8) is 0 Å². The van der Waals surface area contributed by atoms with E-state index in [-0.39, 0.29) is 0 Å². The van der Waals surface area contributed by atoms with E-state index in [4.69, 9.17) is 4.42 Å². The number of nitrogens with zero attached hydrogens (tertiary/aromatic N) is 2. The van der Waals surface area contributed by atoms with Crippen LogP contribution in [-0.4, -0.2) is 9.97 Å². The van der Waals surface area contributed by atoms with E-state index in [1.54, 1.807) is 40.7 Å². The zero-order valence-electron chi connectivity index (χ0n) is 10.9. The van der Waals surface area contributed by atoms with Crippen LogP contribution in [0.2, 0.25) is 0 Å². The van der Waals surface area contributed by atoms with Crippen LogP contribution in [0, 0.1) is 0 Å². The Morgan fingerprint density at radius 2 is 2.05 bits per heavy atom. The summed E-state index contributed by atoms with van der Waals surface area (Å²) in [5, 5.41) is 2.02. The first-order chi connectivity index (χ1) is 10.4. The molecule has 0 fully saturated rings. The smallest absolute Gasteiger partial charge is 0.236 e. The highest BCUT2D eigenvalue weighted by Crippen LogP contribution is 2.32. The Morgan fingerprint density at radius 3 is 2.90 bits per heavy atom. The normalized spacial score (nSPS) is 11.2. The number of aromatic nitrogens is 2. The maximum absolute atomic E-state index is 5.53. The van der Waals surface area contributed by atoms with Gasteiger partial charge in [0.25, 0.3) is 0 Å². The molecule has 0 atom stereocenters. The van der Waals surface area contributed by atoms with Crippen LogP contribution >= 0.6 is 34.4 Å². The van der Waals surface area contributed by atoms with Crippen molar-refractivity contribution >= 4 is 44.7 Å². The second kappa shape index (κ2) is 5.63. The largest absolute Gasteiger partial charge is 0.444 e. The molecular formula is C15H10N2OS3. The summed E-state index contributed by atoms with van der Waals surface area (Å²) in [5.74, 6) is 1.47. The highest BCUT2D eigenvalue weighted by atomic mass is 32.2. The van der Waals surface area contributed by atoms with E-state index < -0.39 is 0 Å². The zero-order valence-corrected chi connectivity index (χ0v) is 13.3.